The summed E-state index contributed by atoms with van der Waals surface area (Å²) in [6, 6.07) is 36.3. The standard InChI is InChI=1S/C56H42O12/c57-28-7-1-24(2-8-28)44-37-18-31(60)13-14-36(37)49-47-38(19-34(63)21-40(47)65)50(44)52-41(66)23-42(67)53-51(45(54(49)55(52)53)25-3-9-29(58)10-4-25)39-20-35(64)22-43-48(39)46(27-15-32(61)17-33(62)16-27)56(68-43)26-5-11-30(59)12-6-26/h1-23,44-46,49-51,54,56-67H/t44-,45-,46-,49-,50-,51-,54-,56+/m0/s1. The fourth-order valence-corrected chi connectivity index (χ4v) is 12.5. The number of benzene rings is 8. The second-order valence-corrected chi connectivity index (χ2v) is 18.4. The number of hydrogen-bond donors (Lipinski definition) is 11. The maximum absolute atomic E-state index is 12.6. The fraction of sp³-hybridized carbons (Fsp3) is 0.143. The highest BCUT2D eigenvalue weighted by molar-refractivity contribution is 5.75. The van der Waals surface area contributed by atoms with Crippen molar-refractivity contribution >= 4 is 0 Å². The molecule has 0 radical (unpaired) electrons. The van der Waals surface area contributed by atoms with Gasteiger partial charge in [0.1, 0.15) is 75.1 Å². The van der Waals surface area contributed by atoms with Crippen LogP contribution >= 0.6 is 0 Å². The highest BCUT2D eigenvalue weighted by Crippen LogP contribution is 2.72. The number of ether oxygens (including phenoxy) is 1. The van der Waals surface area contributed by atoms with E-state index in [0.29, 0.717) is 72.3 Å². The van der Waals surface area contributed by atoms with Gasteiger partial charge in [0.25, 0.3) is 0 Å². The second-order valence-electron chi connectivity index (χ2n) is 18.4. The Morgan fingerprint density at radius 3 is 1.38 bits per heavy atom. The van der Waals surface area contributed by atoms with Crippen molar-refractivity contribution in [3.8, 4) is 69.0 Å². The van der Waals surface area contributed by atoms with E-state index in [9.17, 15) is 56.2 Å². The van der Waals surface area contributed by atoms with Crippen molar-refractivity contribution in [3.05, 3.63) is 212 Å². The van der Waals surface area contributed by atoms with E-state index in [4.69, 9.17) is 4.74 Å². The zero-order chi connectivity index (χ0) is 47.0. The molecule has 3 aliphatic carbocycles. The molecule has 12 rings (SSSR count). The highest BCUT2D eigenvalue weighted by Gasteiger charge is 2.57. The molecule has 8 aromatic carbocycles. The summed E-state index contributed by atoms with van der Waals surface area (Å²) in [7, 11) is 0. The predicted octanol–water partition coefficient (Wildman–Crippen LogP) is 10.1. The Bertz CT molecular complexity index is 3360. The first-order chi connectivity index (χ1) is 32.7. The summed E-state index contributed by atoms with van der Waals surface area (Å²) in [5.41, 5.74) is 7.13. The van der Waals surface area contributed by atoms with Crippen LogP contribution in [0.2, 0.25) is 0 Å². The van der Waals surface area contributed by atoms with Crippen molar-refractivity contribution in [2.75, 3.05) is 0 Å². The fourth-order valence-electron chi connectivity index (χ4n) is 12.5. The van der Waals surface area contributed by atoms with Crippen LogP contribution in [0.25, 0.3) is 0 Å². The SMILES string of the molecule is Oc1ccc([C@H]2c3cc(O)ccc3[C@H]3c4c(O)cc(O)cc4[C@@H]2c2c(O)cc(O)c4c2[C@H]3[C@@H](c2ccc(O)cc2)[C@@H]4c2cc(O)cc3c2[C@H](c2cc(O)cc(O)c2)[C@@H](c2ccc(O)cc2)O3)cc1. The van der Waals surface area contributed by atoms with E-state index in [-0.39, 0.29) is 69.0 Å². The van der Waals surface area contributed by atoms with Gasteiger partial charge >= 0.3 is 0 Å². The van der Waals surface area contributed by atoms with Crippen molar-refractivity contribution in [2.24, 2.45) is 0 Å². The van der Waals surface area contributed by atoms with E-state index in [1.165, 1.54) is 48.5 Å². The van der Waals surface area contributed by atoms with E-state index in [1.807, 2.05) is 6.07 Å². The first-order valence-electron chi connectivity index (χ1n) is 22.1. The van der Waals surface area contributed by atoms with Crippen molar-refractivity contribution in [3.63, 3.8) is 0 Å². The van der Waals surface area contributed by atoms with E-state index in [0.717, 1.165) is 0 Å². The number of fused-ring (bicyclic) bond motifs is 5. The first kappa shape index (κ1) is 40.8. The Balaban J connectivity index is 1.22. The summed E-state index contributed by atoms with van der Waals surface area (Å²) in [4.78, 5) is 0. The van der Waals surface area contributed by atoms with E-state index in [1.54, 1.807) is 84.9 Å². The molecule has 11 N–H and O–H groups in total. The molecule has 0 saturated heterocycles. The molecule has 0 saturated carbocycles. The maximum atomic E-state index is 12.6. The topological polar surface area (TPSA) is 232 Å². The lowest BCUT2D eigenvalue weighted by Crippen LogP contribution is -2.22. The van der Waals surface area contributed by atoms with Gasteiger partial charge in [-0.05, 0) is 123 Å². The number of rotatable bonds is 5. The van der Waals surface area contributed by atoms with Crippen LogP contribution in [-0.2, 0) is 0 Å². The Morgan fingerprint density at radius 1 is 0.265 bits per heavy atom. The minimum absolute atomic E-state index is 0.0104. The summed E-state index contributed by atoms with van der Waals surface area (Å²) >= 11 is 0. The summed E-state index contributed by atoms with van der Waals surface area (Å²) < 4.78 is 6.80. The van der Waals surface area contributed by atoms with Gasteiger partial charge in [0.15, 0.2) is 0 Å². The third-order valence-corrected chi connectivity index (χ3v) is 14.8. The van der Waals surface area contributed by atoms with Crippen molar-refractivity contribution in [2.45, 2.75) is 47.5 Å². The monoisotopic (exact) mass is 906 g/mol. The van der Waals surface area contributed by atoms with E-state index in [2.05, 4.69) is 0 Å². The minimum Gasteiger partial charge on any atom is -0.508 e. The van der Waals surface area contributed by atoms with Crippen molar-refractivity contribution in [1.29, 1.82) is 0 Å². The van der Waals surface area contributed by atoms with Crippen LogP contribution in [0.15, 0.2) is 140 Å². The van der Waals surface area contributed by atoms with Crippen LogP contribution < -0.4 is 4.74 Å². The molecule has 12 nitrogen and oxygen atoms in total. The molecule has 1 aliphatic heterocycles. The predicted molar refractivity (Wildman–Crippen MR) is 248 cm³/mol. The lowest BCUT2D eigenvalue weighted by molar-refractivity contribution is 0.221. The molecular weight excluding hydrogens is 865 g/mol. The van der Waals surface area contributed by atoms with E-state index < -0.39 is 47.5 Å². The second kappa shape index (κ2) is 14.7. The zero-order valence-corrected chi connectivity index (χ0v) is 35.7. The quantitative estimate of drug-likeness (QED) is 0.0775. The van der Waals surface area contributed by atoms with Crippen LogP contribution in [0.1, 0.15) is 120 Å². The van der Waals surface area contributed by atoms with Crippen LogP contribution in [0.4, 0.5) is 0 Å². The molecule has 338 valence electrons. The smallest absolute Gasteiger partial charge is 0.135 e. The Hall–Kier alpha value is -8.64. The maximum Gasteiger partial charge on any atom is 0.135 e. The van der Waals surface area contributed by atoms with Gasteiger partial charge in [-0.2, -0.15) is 0 Å². The Kier molecular flexibility index (Phi) is 8.82. The van der Waals surface area contributed by atoms with E-state index >= 15 is 0 Å². The van der Waals surface area contributed by atoms with Gasteiger partial charge in [0.05, 0.1) is 5.92 Å². The number of phenols is 11. The molecule has 0 aromatic heterocycles. The molecule has 1 heterocycles. The third kappa shape index (κ3) is 5.99. The molecule has 0 fully saturated rings. The van der Waals surface area contributed by atoms with Gasteiger partial charge in [0, 0.05) is 82.0 Å². The first-order valence-corrected chi connectivity index (χ1v) is 22.1. The minimum atomic E-state index is -0.906. The van der Waals surface area contributed by atoms with Crippen LogP contribution in [0.3, 0.4) is 0 Å². The lowest BCUT2D eigenvalue weighted by Gasteiger charge is -2.36. The molecular formula is C56H42O12. The van der Waals surface area contributed by atoms with Crippen molar-refractivity contribution in [1.82, 2.24) is 0 Å². The van der Waals surface area contributed by atoms with Gasteiger partial charge in [-0.3, -0.25) is 0 Å². The van der Waals surface area contributed by atoms with Crippen molar-refractivity contribution < 1.29 is 60.9 Å². The Morgan fingerprint density at radius 2 is 0.750 bits per heavy atom. The summed E-state index contributed by atoms with van der Waals surface area (Å²) in [6.45, 7) is 0. The molecule has 12 heteroatoms. The van der Waals surface area contributed by atoms with Gasteiger partial charge in [-0.15, -0.1) is 0 Å². The third-order valence-electron chi connectivity index (χ3n) is 14.8. The lowest BCUT2D eigenvalue weighted by atomic mass is 9.66. The molecule has 8 atom stereocenters. The Labute approximate surface area is 388 Å². The van der Waals surface area contributed by atoms with Crippen LogP contribution in [-0.4, -0.2) is 56.2 Å². The van der Waals surface area contributed by atoms with Gasteiger partial charge in [0.2, 0.25) is 0 Å². The summed E-state index contributed by atoms with van der Waals surface area (Å²) in [5.74, 6) is -6.97. The molecule has 4 aliphatic rings. The molecule has 0 unspecified atom stereocenters. The van der Waals surface area contributed by atoms with Crippen LogP contribution in [0, 0.1) is 0 Å². The largest absolute Gasteiger partial charge is 0.508 e. The molecule has 0 spiro atoms. The van der Waals surface area contributed by atoms with Gasteiger partial charge < -0.3 is 60.9 Å². The summed E-state index contributed by atoms with van der Waals surface area (Å²) in [6.07, 6.45) is -0.833. The molecule has 2 bridgehead atoms. The average Bonchev–Trinajstić information content (AvgIpc) is 3.77. The zero-order valence-electron chi connectivity index (χ0n) is 35.7. The van der Waals surface area contributed by atoms with Crippen LogP contribution in [0.5, 0.6) is 69.0 Å². The number of aromatic hydroxyl groups is 11. The van der Waals surface area contributed by atoms with Gasteiger partial charge in [-0.1, -0.05) is 42.5 Å². The molecule has 8 aromatic rings. The normalized spacial score (nSPS) is 22.6. The highest BCUT2D eigenvalue weighted by atomic mass is 16.5. The molecule has 0 amide bonds. The number of hydrogen-bond acceptors (Lipinski definition) is 12. The average molecular weight is 907 g/mol. The summed E-state index contributed by atoms with van der Waals surface area (Å²) in [5, 5.41) is 125. The van der Waals surface area contributed by atoms with Gasteiger partial charge in [-0.25, -0.2) is 0 Å². The number of phenolic OH excluding ortho intramolecular Hbond substituents is 11. The molecule has 68 heavy (non-hydrogen) atoms.